The molecule has 0 aliphatic carbocycles. The average Bonchev–Trinajstić information content (AvgIpc) is 3.14. The molecule has 0 spiro atoms. The molecule has 2 heterocycles. The number of carbonyl (C=O) groups excluding carboxylic acids is 1. The highest BCUT2D eigenvalue weighted by molar-refractivity contribution is 6.00. The van der Waals surface area contributed by atoms with Crippen molar-refractivity contribution in [1.82, 2.24) is 15.3 Å². The minimum absolute atomic E-state index is 0.110. The number of amides is 1. The van der Waals surface area contributed by atoms with Crippen LogP contribution >= 0.6 is 0 Å². The number of ether oxygens (including phenoxy) is 1. The molecule has 0 saturated carbocycles. The maximum atomic E-state index is 13.1. The Morgan fingerprint density at radius 3 is 2.85 bits per heavy atom. The molecule has 3 aromatic rings. The van der Waals surface area contributed by atoms with Crippen molar-refractivity contribution in [3.63, 3.8) is 0 Å². The molecule has 1 aliphatic rings. The van der Waals surface area contributed by atoms with Crippen molar-refractivity contribution in [2.75, 3.05) is 0 Å². The van der Waals surface area contributed by atoms with E-state index in [0.717, 1.165) is 22.4 Å². The zero-order chi connectivity index (χ0) is 19.0. The van der Waals surface area contributed by atoms with Crippen LogP contribution in [0.15, 0.2) is 54.9 Å². The molecule has 138 valence electrons. The van der Waals surface area contributed by atoms with Gasteiger partial charge in [-0.1, -0.05) is 30.3 Å². The summed E-state index contributed by atoms with van der Waals surface area (Å²) >= 11 is 0. The molecule has 0 fully saturated rings. The first-order valence-corrected chi connectivity index (χ1v) is 9.12. The van der Waals surface area contributed by atoms with Crippen LogP contribution < -0.4 is 10.1 Å². The van der Waals surface area contributed by atoms with Crippen LogP contribution in [0.4, 0.5) is 0 Å². The summed E-state index contributed by atoms with van der Waals surface area (Å²) in [5, 5.41) is 3.21. The van der Waals surface area contributed by atoms with Gasteiger partial charge in [-0.2, -0.15) is 0 Å². The van der Waals surface area contributed by atoms with Crippen molar-refractivity contribution in [2.24, 2.45) is 0 Å². The van der Waals surface area contributed by atoms with E-state index in [1.165, 1.54) is 0 Å². The molecule has 2 N–H and O–H groups in total. The fourth-order valence-electron chi connectivity index (χ4n) is 3.62. The summed E-state index contributed by atoms with van der Waals surface area (Å²) in [7, 11) is 0. The normalized spacial score (nSPS) is 17.7. The number of benzene rings is 2. The van der Waals surface area contributed by atoms with E-state index in [0.29, 0.717) is 17.8 Å². The standard InChI is InChI=1S/C22H23N3O2/c1-14-8-9-17-18(13-22(2,3)27-19(17)12-14)25-21(26)16-7-5-4-6-15(16)20-23-10-11-24-20/h4-12,18H,13H2,1-3H3,(H,23,24)(H,25,26). The van der Waals surface area contributed by atoms with Gasteiger partial charge in [0.15, 0.2) is 0 Å². The lowest BCUT2D eigenvalue weighted by Crippen LogP contribution is -2.41. The van der Waals surface area contributed by atoms with Gasteiger partial charge in [0.2, 0.25) is 0 Å². The molecule has 0 saturated heterocycles. The van der Waals surface area contributed by atoms with Gasteiger partial charge in [0, 0.05) is 29.9 Å². The molecule has 5 heteroatoms. The second kappa shape index (κ2) is 6.58. The summed E-state index contributed by atoms with van der Waals surface area (Å²) in [6.07, 6.45) is 4.14. The molecular weight excluding hydrogens is 338 g/mol. The topological polar surface area (TPSA) is 67.0 Å². The third-order valence-corrected chi connectivity index (χ3v) is 4.86. The number of rotatable bonds is 3. The number of nitrogens with zero attached hydrogens (tertiary/aromatic N) is 1. The fraction of sp³-hybridized carbons (Fsp3) is 0.273. The van der Waals surface area contributed by atoms with E-state index in [2.05, 4.69) is 21.4 Å². The Hall–Kier alpha value is -3.08. The van der Waals surface area contributed by atoms with Crippen molar-refractivity contribution >= 4 is 5.91 Å². The predicted octanol–water partition coefficient (Wildman–Crippen LogP) is 4.42. The Balaban J connectivity index is 1.67. The minimum Gasteiger partial charge on any atom is -0.487 e. The van der Waals surface area contributed by atoms with Gasteiger partial charge in [0.1, 0.15) is 17.2 Å². The molecule has 27 heavy (non-hydrogen) atoms. The van der Waals surface area contributed by atoms with Crippen LogP contribution in [0.5, 0.6) is 5.75 Å². The quantitative estimate of drug-likeness (QED) is 0.726. The highest BCUT2D eigenvalue weighted by Crippen LogP contribution is 2.40. The maximum absolute atomic E-state index is 13.1. The molecule has 4 rings (SSSR count). The first kappa shape index (κ1) is 17.3. The molecule has 0 bridgehead atoms. The summed E-state index contributed by atoms with van der Waals surface area (Å²) in [5.41, 5.74) is 3.20. The van der Waals surface area contributed by atoms with E-state index in [9.17, 15) is 4.79 Å². The number of H-pyrrole nitrogens is 1. The molecule has 5 nitrogen and oxygen atoms in total. The van der Waals surface area contributed by atoms with Crippen molar-refractivity contribution in [3.8, 4) is 17.1 Å². The first-order valence-electron chi connectivity index (χ1n) is 9.12. The van der Waals surface area contributed by atoms with Gasteiger partial charge < -0.3 is 15.0 Å². The van der Waals surface area contributed by atoms with E-state index >= 15 is 0 Å². The van der Waals surface area contributed by atoms with Crippen molar-refractivity contribution in [1.29, 1.82) is 0 Å². The number of carbonyl (C=O) groups is 1. The van der Waals surface area contributed by atoms with Gasteiger partial charge in [0.25, 0.3) is 5.91 Å². The van der Waals surface area contributed by atoms with Crippen molar-refractivity contribution < 1.29 is 9.53 Å². The number of nitrogens with one attached hydrogen (secondary N) is 2. The molecule has 1 unspecified atom stereocenters. The van der Waals surface area contributed by atoms with Gasteiger partial charge in [-0.25, -0.2) is 4.98 Å². The van der Waals surface area contributed by atoms with Gasteiger partial charge in [0.05, 0.1) is 11.6 Å². The van der Waals surface area contributed by atoms with E-state index < -0.39 is 0 Å². The Morgan fingerprint density at radius 2 is 2.07 bits per heavy atom. The monoisotopic (exact) mass is 361 g/mol. The van der Waals surface area contributed by atoms with Crippen LogP contribution in [0.2, 0.25) is 0 Å². The fourth-order valence-corrected chi connectivity index (χ4v) is 3.62. The molecule has 2 aromatic carbocycles. The molecular formula is C22H23N3O2. The lowest BCUT2D eigenvalue weighted by atomic mass is 9.89. The van der Waals surface area contributed by atoms with E-state index in [-0.39, 0.29) is 17.6 Å². The number of fused-ring (bicyclic) bond motifs is 1. The van der Waals surface area contributed by atoms with E-state index in [1.807, 2.05) is 57.2 Å². The van der Waals surface area contributed by atoms with Crippen LogP contribution in [-0.4, -0.2) is 21.5 Å². The first-order chi connectivity index (χ1) is 12.9. The Kier molecular flexibility index (Phi) is 4.22. The highest BCUT2D eigenvalue weighted by Gasteiger charge is 2.35. The predicted molar refractivity (Wildman–Crippen MR) is 105 cm³/mol. The molecule has 1 amide bonds. The van der Waals surface area contributed by atoms with Gasteiger partial charge in [-0.3, -0.25) is 4.79 Å². The number of aromatic amines is 1. The molecule has 0 radical (unpaired) electrons. The highest BCUT2D eigenvalue weighted by atomic mass is 16.5. The largest absolute Gasteiger partial charge is 0.487 e. The van der Waals surface area contributed by atoms with Crippen molar-refractivity contribution in [2.45, 2.75) is 38.8 Å². The summed E-state index contributed by atoms with van der Waals surface area (Å²) in [4.78, 5) is 20.5. The molecule has 1 aliphatic heterocycles. The lowest BCUT2D eigenvalue weighted by molar-refractivity contribution is 0.0619. The van der Waals surface area contributed by atoms with Crippen LogP contribution in [0, 0.1) is 6.92 Å². The van der Waals surface area contributed by atoms with Crippen LogP contribution in [0.3, 0.4) is 0 Å². The van der Waals surface area contributed by atoms with Crippen LogP contribution in [-0.2, 0) is 0 Å². The maximum Gasteiger partial charge on any atom is 0.252 e. The van der Waals surface area contributed by atoms with E-state index in [4.69, 9.17) is 4.74 Å². The Morgan fingerprint density at radius 1 is 1.26 bits per heavy atom. The number of hydrogen-bond donors (Lipinski definition) is 2. The summed E-state index contributed by atoms with van der Waals surface area (Å²) in [5.74, 6) is 1.41. The zero-order valence-electron chi connectivity index (χ0n) is 15.7. The van der Waals surface area contributed by atoms with Crippen LogP contribution in [0.25, 0.3) is 11.4 Å². The summed E-state index contributed by atoms with van der Waals surface area (Å²) in [6, 6.07) is 13.5. The van der Waals surface area contributed by atoms with E-state index in [1.54, 1.807) is 12.4 Å². The second-order valence-corrected chi connectivity index (χ2v) is 7.62. The van der Waals surface area contributed by atoms with Gasteiger partial charge >= 0.3 is 0 Å². The molecule has 1 aromatic heterocycles. The number of hydrogen-bond acceptors (Lipinski definition) is 3. The molecule has 1 atom stereocenters. The minimum atomic E-state index is -0.348. The zero-order valence-corrected chi connectivity index (χ0v) is 15.7. The smallest absolute Gasteiger partial charge is 0.252 e. The second-order valence-electron chi connectivity index (χ2n) is 7.62. The average molecular weight is 361 g/mol. The Bertz CT molecular complexity index is 977. The SMILES string of the molecule is Cc1ccc2c(c1)OC(C)(C)CC2NC(=O)c1ccccc1-c1ncc[nH]1. The number of aromatic nitrogens is 2. The Labute approximate surface area is 158 Å². The number of imidazole rings is 1. The summed E-state index contributed by atoms with van der Waals surface area (Å²) < 4.78 is 6.13. The lowest BCUT2D eigenvalue weighted by Gasteiger charge is -2.38. The third kappa shape index (κ3) is 3.45. The third-order valence-electron chi connectivity index (χ3n) is 4.86. The van der Waals surface area contributed by atoms with Crippen molar-refractivity contribution in [3.05, 3.63) is 71.5 Å². The van der Waals surface area contributed by atoms with Crippen LogP contribution in [0.1, 0.15) is 47.8 Å². The summed E-state index contributed by atoms with van der Waals surface area (Å²) in [6.45, 7) is 6.14. The van der Waals surface area contributed by atoms with Gasteiger partial charge in [-0.05, 0) is 38.5 Å². The van der Waals surface area contributed by atoms with Gasteiger partial charge in [-0.15, -0.1) is 0 Å². The number of aryl methyl sites for hydroxylation is 1.